The molecule has 0 aromatic carbocycles. The Balaban J connectivity index is 2.19. The quantitative estimate of drug-likeness (QED) is 0.902. The number of carbonyl (C=O) groups excluding carboxylic acids is 1. The Labute approximate surface area is 98.1 Å². The Morgan fingerprint density at radius 1 is 1.59 bits per heavy atom. The molecular formula is C9H8F3N3OS. The Hall–Kier alpha value is -1.57. The molecular weight excluding hydrogens is 255 g/mol. The second-order valence-electron chi connectivity index (χ2n) is 3.42. The largest absolute Gasteiger partial charge is 0.471 e. The lowest BCUT2D eigenvalue weighted by Crippen LogP contribution is -2.38. The van der Waals surface area contributed by atoms with Crippen molar-refractivity contribution < 1.29 is 18.0 Å². The molecule has 0 saturated heterocycles. The van der Waals surface area contributed by atoms with Crippen LogP contribution in [0.25, 0.3) is 4.83 Å². The third-order valence-electron chi connectivity index (χ3n) is 2.18. The van der Waals surface area contributed by atoms with E-state index >= 15 is 0 Å². The maximum absolute atomic E-state index is 12.1. The standard InChI is InChI=1S/C9H8F3N3OS/c1-5(14-8(16)9(10,11)12)7-13-4-6-15(7)2-3-17-6/h2-5H,1H3,(H,14,16)/t5-/m1/s1. The van der Waals surface area contributed by atoms with Crippen LogP contribution in [0.1, 0.15) is 18.8 Å². The third-order valence-corrected chi connectivity index (χ3v) is 2.98. The number of alkyl halides is 3. The summed E-state index contributed by atoms with van der Waals surface area (Å²) in [6.07, 6.45) is -1.63. The zero-order chi connectivity index (χ0) is 12.6. The van der Waals surface area contributed by atoms with E-state index in [1.165, 1.54) is 18.3 Å². The molecule has 0 bridgehead atoms. The van der Waals surface area contributed by atoms with Gasteiger partial charge in [0.1, 0.15) is 10.7 Å². The van der Waals surface area contributed by atoms with Crippen LogP contribution in [0.15, 0.2) is 17.8 Å². The van der Waals surface area contributed by atoms with Crippen molar-refractivity contribution in [2.24, 2.45) is 0 Å². The predicted molar refractivity (Wildman–Crippen MR) is 55.7 cm³/mol. The fourth-order valence-electron chi connectivity index (χ4n) is 1.42. The fourth-order valence-corrected chi connectivity index (χ4v) is 2.12. The van der Waals surface area contributed by atoms with E-state index in [4.69, 9.17) is 0 Å². The van der Waals surface area contributed by atoms with E-state index < -0.39 is 18.1 Å². The first-order valence-electron chi connectivity index (χ1n) is 4.67. The van der Waals surface area contributed by atoms with E-state index in [1.807, 2.05) is 5.32 Å². The first-order valence-corrected chi connectivity index (χ1v) is 5.55. The second-order valence-corrected chi connectivity index (χ2v) is 4.35. The molecule has 0 spiro atoms. The summed E-state index contributed by atoms with van der Waals surface area (Å²) in [6.45, 7) is 1.45. The van der Waals surface area contributed by atoms with Crippen molar-refractivity contribution >= 4 is 22.1 Å². The molecule has 4 nitrogen and oxygen atoms in total. The monoisotopic (exact) mass is 263 g/mol. The van der Waals surface area contributed by atoms with Crippen molar-refractivity contribution in [3.63, 3.8) is 0 Å². The van der Waals surface area contributed by atoms with E-state index in [2.05, 4.69) is 4.98 Å². The fraction of sp³-hybridized carbons (Fsp3) is 0.333. The number of nitrogens with one attached hydrogen (secondary N) is 1. The van der Waals surface area contributed by atoms with Gasteiger partial charge < -0.3 is 5.32 Å². The average Bonchev–Trinajstić information content (AvgIpc) is 2.75. The van der Waals surface area contributed by atoms with E-state index in [0.717, 1.165) is 4.83 Å². The molecule has 0 saturated carbocycles. The first kappa shape index (κ1) is 11.9. The number of fused-ring (bicyclic) bond motifs is 1. The summed E-state index contributed by atoms with van der Waals surface area (Å²) in [5.41, 5.74) is 0. The van der Waals surface area contributed by atoms with Crippen molar-refractivity contribution in [3.05, 3.63) is 23.6 Å². The van der Waals surface area contributed by atoms with Crippen LogP contribution >= 0.6 is 11.3 Å². The summed E-state index contributed by atoms with van der Waals surface area (Å²) in [5, 5.41) is 3.65. The highest BCUT2D eigenvalue weighted by Gasteiger charge is 2.39. The van der Waals surface area contributed by atoms with Gasteiger partial charge in [-0.25, -0.2) is 4.98 Å². The number of carbonyl (C=O) groups is 1. The molecule has 1 atom stereocenters. The molecule has 1 N–H and O–H groups in total. The smallest absolute Gasteiger partial charge is 0.339 e. The van der Waals surface area contributed by atoms with E-state index in [1.54, 1.807) is 22.2 Å². The number of halogens is 3. The maximum atomic E-state index is 12.1. The van der Waals surface area contributed by atoms with Crippen molar-refractivity contribution in [2.75, 3.05) is 0 Å². The summed E-state index contributed by atoms with van der Waals surface area (Å²) in [6, 6.07) is -0.804. The van der Waals surface area contributed by atoms with E-state index in [-0.39, 0.29) is 0 Å². The van der Waals surface area contributed by atoms with E-state index in [0.29, 0.717) is 5.82 Å². The van der Waals surface area contributed by atoms with Gasteiger partial charge in [0.15, 0.2) is 0 Å². The summed E-state index contributed by atoms with van der Waals surface area (Å²) < 4.78 is 37.8. The Morgan fingerprint density at radius 2 is 2.29 bits per heavy atom. The molecule has 0 aliphatic heterocycles. The Morgan fingerprint density at radius 3 is 2.94 bits per heavy atom. The van der Waals surface area contributed by atoms with Gasteiger partial charge in [-0.2, -0.15) is 13.2 Å². The minimum absolute atomic E-state index is 0.374. The zero-order valence-electron chi connectivity index (χ0n) is 8.65. The van der Waals surface area contributed by atoms with Gasteiger partial charge in [0.2, 0.25) is 0 Å². The molecule has 92 valence electrons. The Bertz CT molecular complexity index is 545. The maximum Gasteiger partial charge on any atom is 0.471 e. The SMILES string of the molecule is C[C@@H](NC(=O)C(F)(F)F)c1ncc2sccn12. The molecule has 0 aliphatic rings. The van der Waals surface area contributed by atoms with Crippen LogP contribution in [0.5, 0.6) is 0 Å². The van der Waals surface area contributed by atoms with Crippen LogP contribution < -0.4 is 5.32 Å². The average molecular weight is 263 g/mol. The minimum atomic E-state index is -4.88. The van der Waals surface area contributed by atoms with Crippen LogP contribution in [0, 0.1) is 0 Å². The number of nitrogens with zero attached hydrogens (tertiary/aromatic N) is 2. The van der Waals surface area contributed by atoms with Crippen molar-refractivity contribution in [2.45, 2.75) is 19.1 Å². The lowest BCUT2D eigenvalue weighted by atomic mass is 10.3. The van der Waals surface area contributed by atoms with Crippen LogP contribution in [0.3, 0.4) is 0 Å². The summed E-state index contributed by atoms with van der Waals surface area (Å²) in [4.78, 5) is 15.6. The molecule has 0 aliphatic carbocycles. The molecule has 1 amide bonds. The molecule has 2 heterocycles. The zero-order valence-corrected chi connectivity index (χ0v) is 9.47. The lowest BCUT2D eigenvalue weighted by molar-refractivity contribution is -0.174. The molecule has 0 radical (unpaired) electrons. The molecule has 8 heteroatoms. The number of hydrogen-bond acceptors (Lipinski definition) is 3. The van der Waals surface area contributed by atoms with Gasteiger partial charge in [-0.15, -0.1) is 11.3 Å². The van der Waals surface area contributed by atoms with Gasteiger partial charge in [0, 0.05) is 11.6 Å². The molecule has 0 unspecified atom stereocenters. The highest BCUT2D eigenvalue weighted by molar-refractivity contribution is 7.15. The van der Waals surface area contributed by atoms with Crippen LogP contribution in [0.4, 0.5) is 13.2 Å². The first-order chi connectivity index (χ1) is 7.89. The van der Waals surface area contributed by atoms with Gasteiger partial charge in [-0.3, -0.25) is 9.20 Å². The number of imidazole rings is 1. The van der Waals surface area contributed by atoms with Gasteiger partial charge in [-0.1, -0.05) is 0 Å². The van der Waals surface area contributed by atoms with Crippen molar-refractivity contribution in [1.29, 1.82) is 0 Å². The summed E-state index contributed by atoms with van der Waals surface area (Å²) in [5.74, 6) is -1.59. The van der Waals surface area contributed by atoms with Crippen LogP contribution in [-0.2, 0) is 4.79 Å². The number of amides is 1. The lowest BCUT2D eigenvalue weighted by Gasteiger charge is -2.13. The second kappa shape index (κ2) is 4.02. The minimum Gasteiger partial charge on any atom is -0.339 e. The number of thiazole rings is 1. The highest BCUT2D eigenvalue weighted by Crippen LogP contribution is 2.20. The number of rotatable bonds is 2. The number of aromatic nitrogens is 2. The predicted octanol–water partition coefficient (Wildman–Crippen LogP) is 2.14. The van der Waals surface area contributed by atoms with Gasteiger partial charge in [0.25, 0.3) is 0 Å². The summed E-state index contributed by atoms with van der Waals surface area (Å²) in [7, 11) is 0. The summed E-state index contributed by atoms with van der Waals surface area (Å²) >= 11 is 1.42. The molecule has 0 fully saturated rings. The molecule has 17 heavy (non-hydrogen) atoms. The Kier molecular flexibility index (Phi) is 2.82. The normalized spacial score (nSPS) is 13.9. The highest BCUT2D eigenvalue weighted by atomic mass is 32.1. The topological polar surface area (TPSA) is 46.4 Å². The molecule has 2 aromatic heterocycles. The van der Waals surface area contributed by atoms with E-state index in [9.17, 15) is 18.0 Å². The van der Waals surface area contributed by atoms with Gasteiger partial charge in [-0.05, 0) is 6.92 Å². The van der Waals surface area contributed by atoms with Crippen molar-refractivity contribution in [1.82, 2.24) is 14.7 Å². The number of hydrogen-bond donors (Lipinski definition) is 1. The van der Waals surface area contributed by atoms with Crippen LogP contribution in [-0.4, -0.2) is 21.5 Å². The van der Waals surface area contributed by atoms with Gasteiger partial charge >= 0.3 is 12.1 Å². The van der Waals surface area contributed by atoms with Crippen LogP contribution in [0.2, 0.25) is 0 Å². The van der Waals surface area contributed by atoms with Gasteiger partial charge in [0.05, 0.1) is 12.2 Å². The molecule has 2 aromatic rings. The third kappa shape index (κ3) is 2.26. The van der Waals surface area contributed by atoms with Crippen molar-refractivity contribution in [3.8, 4) is 0 Å². The molecule has 2 rings (SSSR count).